The molecule has 0 radical (unpaired) electrons. The van der Waals surface area contributed by atoms with Gasteiger partial charge < -0.3 is 10.6 Å². The van der Waals surface area contributed by atoms with Crippen LogP contribution in [-0.2, 0) is 0 Å². The number of nitrogens with zero attached hydrogens (tertiary/aromatic N) is 2. The molecule has 5 nitrogen and oxygen atoms in total. The number of aryl methyl sites for hydroxylation is 1. The second kappa shape index (κ2) is 8.02. The minimum absolute atomic E-state index is 0.164. The van der Waals surface area contributed by atoms with Gasteiger partial charge in [-0.3, -0.25) is 4.79 Å². The standard InChI is InChI=1S/C18H20Cl2N4O/c1-11-9-16(17(25)22-13-5-3-2-4-6-13)24-18(21-11)23-15-8-7-12(19)10-14(15)20/h7-10,13H,2-6H2,1H3,(H,22,25)(H,21,23,24). The minimum Gasteiger partial charge on any atom is -0.348 e. The van der Waals surface area contributed by atoms with Gasteiger partial charge in [0.2, 0.25) is 5.95 Å². The molecule has 132 valence electrons. The van der Waals surface area contributed by atoms with Gasteiger partial charge in [-0.05, 0) is 44.0 Å². The van der Waals surface area contributed by atoms with Crippen LogP contribution in [0.2, 0.25) is 10.0 Å². The predicted octanol–water partition coefficient (Wildman–Crippen LogP) is 4.90. The number of aromatic nitrogens is 2. The van der Waals surface area contributed by atoms with Crippen LogP contribution < -0.4 is 10.6 Å². The molecule has 0 bridgehead atoms. The van der Waals surface area contributed by atoms with Gasteiger partial charge in [-0.2, -0.15) is 0 Å². The fourth-order valence-electron chi connectivity index (χ4n) is 2.96. The second-order valence-electron chi connectivity index (χ2n) is 6.28. The Morgan fingerprint density at radius 2 is 1.88 bits per heavy atom. The van der Waals surface area contributed by atoms with Gasteiger partial charge in [0, 0.05) is 16.8 Å². The maximum Gasteiger partial charge on any atom is 0.270 e. The van der Waals surface area contributed by atoms with Gasteiger partial charge >= 0.3 is 0 Å². The Morgan fingerprint density at radius 3 is 2.60 bits per heavy atom. The lowest BCUT2D eigenvalue weighted by molar-refractivity contribution is 0.0922. The van der Waals surface area contributed by atoms with E-state index in [1.165, 1.54) is 6.42 Å². The zero-order chi connectivity index (χ0) is 17.8. The van der Waals surface area contributed by atoms with E-state index < -0.39 is 0 Å². The molecule has 1 amide bonds. The van der Waals surface area contributed by atoms with Gasteiger partial charge in [0.25, 0.3) is 5.91 Å². The highest BCUT2D eigenvalue weighted by atomic mass is 35.5. The number of carbonyl (C=O) groups is 1. The summed E-state index contributed by atoms with van der Waals surface area (Å²) in [5.74, 6) is 0.167. The molecule has 0 atom stereocenters. The van der Waals surface area contributed by atoms with Crippen LogP contribution in [0.15, 0.2) is 24.3 Å². The Hall–Kier alpha value is -1.85. The third-order valence-electron chi connectivity index (χ3n) is 4.20. The topological polar surface area (TPSA) is 66.9 Å². The smallest absolute Gasteiger partial charge is 0.270 e. The largest absolute Gasteiger partial charge is 0.348 e. The Bertz CT molecular complexity index is 776. The lowest BCUT2D eigenvalue weighted by atomic mass is 9.95. The summed E-state index contributed by atoms with van der Waals surface area (Å²) in [5.41, 5.74) is 1.69. The Kier molecular flexibility index (Phi) is 5.76. The van der Waals surface area contributed by atoms with Crippen LogP contribution in [0.1, 0.15) is 48.3 Å². The minimum atomic E-state index is -0.164. The highest BCUT2D eigenvalue weighted by Crippen LogP contribution is 2.27. The van der Waals surface area contributed by atoms with Crippen molar-refractivity contribution in [3.63, 3.8) is 0 Å². The highest BCUT2D eigenvalue weighted by Gasteiger charge is 2.18. The van der Waals surface area contributed by atoms with E-state index in [9.17, 15) is 4.79 Å². The quantitative estimate of drug-likeness (QED) is 0.793. The molecule has 0 aliphatic heterocycles. The van der Waals surface area contributed by atoms with Crippen LogP contribution in [0.5, 0.6) is 0 Å². The number of rotatable bonds is 4. The summed E-state index contributed by atoms with van der Waals surface area (Å²) in [5, 5.41) is 7.13. The summed E-state index contributed by atoms with van der Waals surface area (Å²) in [6, 6.07) is 7.03. The molecular formula is C18H20Cl2N4O. The maximum atomic E-state index is 12.5. The van der Waals surface area contributed by atoms with Crippen molar-refractivity contribution in [3.05, 3.63) is 45.7 Å². The van der Waals surface area contributed by atoms with Crippen LogP contribution in [-0.4, -0.2) is 21.9 Å². The molecule has 1 aliphatic carbocycles. The number of benzene rings is 1. The molecular weight excluding hydrogens is 359 g/mol. The molecule has 1 aromatic carbocycles. The van der Waals surface area contributed by atoms with Crippen molar-refractivity contribution < 1.29 is 4.79 Å². The van der Waals surface area contributed by atoms with Gasteiger partial charge in [-0.15, -0.1) is 0 Å². The third kappa shape index (κ3) is 4.83. The molecule has 1 heterocycles. The lowest BCUT2D eigenvalue weighted by Crippen LogP contribution is -2.36. The monoisotopic (exact) mass is 378 g/mol. The summed E-state index contributed by atoms with van der Waals surface area (Å²) < 4.78 is 0. The number of amides is 1. The molecule has 3 rings (SSSR count). The Morgan fingerprint density at radius 1 is 1.12 bits per heavy atom. The number of hydrogen-bond acceptors (Lipinski definition) is 4. The van der Waals surface area contributed by atoms with Crippen molar-refractivity contribution in [2.45, 2.75) is 45.1 Å². The molecule has 0 spiro atoms. The molecule has 1 aliphatic rings. The third-order valence-corrected chi connectivity index (χ3v) is 4.75. The summed E-state index contributed by atoms with van der Waals surface area (Å²) in [6.45, 7) is 1.83. The van der Waals surface area contributed by atoms with Gasteiger partial charge in [0.1, 0.15) is 5.69 Å². The lowest BCUT2D eigenvalue weighted by Gasteiger charge is -2.22. The maximum absolute atomic E-state index is 12.5. The van der Waals surface area contributed by atoms with Crippen molar-refractivity contribution in [1.82, 2.24) is 15.3 Å². The fourth-order valence-corrected chi connectivity index (χ4v) is 3.41. The zero-order valence-electron chi connectivity index (χ0n) is 14.0. The molecule has 0 saturated heterocycles. The number of nitrogens with one attached hydrogen (secondary N) is 2. The first-order chi connectivity index (χ1) is 12.0. The first-order valence-corrected chi connectivity index (χ1v) is 9.15. The van der Waals surface area contributed by atoms with Crippen LogP contribution in [0.3, 0.4) is 0 Å². The Labute approximate surface area is 157 Å². The number of anilines is 2. The molecule has 25 heavy (non-hydrogen) atoms. The first kappa shape index (κ1) is 18.0. The average Bonchev–Trinajstić information content (AvgIpc) is 2.58. The van der Waals surface area contributed by atoms with E-state index in [-0.39, 0.29) is 11.9 Å². The van der Waals surface area contributed by atoms with Gasteiger partial charge in [-0.1, -0.05) is 42.5 Å². The second-order valence-corrected chi connectivity index (χ2v) is 7.12. The number of halogens is 2. The average molecular weight is 379 g/mol. The van der Waals surface area contributed by atoms with Crippen LogP contribution in [0.25, 0.3) is 0 Å². The summed E-state index contributed by atoms with van der Waals surface area (Å²) >= 11 is 12.1. The highest BCUT2D eigenvalue weighted by molar-refractivity contribution is 6.36. The van der Waals surface area contributed by atoms with E-state index in [1.54, 1.807) is 24.3 Å². The molecule has 2 aromatic rings. The van der Waals surface area contributed by atoms with Crippen molar-refractivity contribution in [2.75, 3.05) is 5.32 Å². The predicted molar refractivity (Wildman–Crippen MR) is 101 cm³/mol. The SMILES string of the molecule is Cc1cc(C(=O)NC2CCCCC2)nc(Nc2ccc(Cl)cc2Cl)n1. The van der Waals surface area contributed by atoms with E-state index in [1.807, 2.05) is 6.92 Å². The van der Waals surface area contributed by atoms with Crippen molar-refractivity contribution in [2.24, 2.45) is 0 Å². The van der Waals surface area contributed by atoms with Gasteiger partial charge in [0.05, 0.1) is 10.7 Å². The molecule has 1 aromatic heterocycles. The fraction of sp³-hybridized carbons (Fsp3) is 0.389. The Balaban J connectivity index is 1.76. The van der Waals surface area contributed by atoms with Crippen LogP contribution in [0.4, 0.5) is 11.6 Å². The van der Waals surface area contributed by atoms with Crippen molar-refractivity contribution in [3.8, 4) is 0 Å². The van der Waals surface area contributed by atoms with E-state index in [0.717, 1.165) is 25.7 Å². The molecule has 2 N–H and O–H groups in total. The summed E-state index contributed by atoms with van der Waals surface area (Å²) in [7, 11) is 0. The van der Waals surface area contributed by atoms with Crippen molar-refractivity contribution in [1.29, 1.82) is 0 Å². The number of hydrogen-bond donors (Lipinski definition) is 2. The molecule has 1 saturated carbocycles. The van der Waals surface area contributed by atoms with Gasteiger partial charge in [-0.25, -0.2) is 9.97 Å². The van der Waals surface area contributed by atoms with E-state index in [4.69, 9.17) is 23.2 Å². The molecule has 0 unspecified atom stereocenters. The zero-order valence-corrected chi connectivity index (χ0v) is 15.5. The summed E-state index contributed by atoms with van der Waals surface area (Å²) in [4.78, 5) is 21.2. The van der Waals surface area contributed by atoms with Crippen LogP contribution >= 0.6 is 23.2 Å². The normalized spacial score (nSPS) is 15.0. The first-order valence-electron chi connectivity index (χ1n) is 8.40. The summed E-state index contributed by atoms with van der Waals surface area (Å²) in [6.07, 6.45) is 5.63. The number of carbonyl (C=O) groups excluding carboxylic acids is 1. The van der Waals surface area contributed by atoms with Crippen molar-refractivity contribution >= 4 is 40.7 Å². The van der Waals surface area contributed by atoms with E-state index >= 15 is 0 Å². The van der Waals surface area contributed by atoms with Gasteiger partial charge in [0.15, 0.2) is 0 Å². The van der Waals surface area contributed by atoms with Crippen LogP contribution in [0, 0.1) is 6.92 Å². The molecule has 7 heteroatoms. The van der Waals surface area contributed by atoms with E-state index in [2.05, 4.69) is 20.6 Å². The molecule has 1 fully saturated rings. The van der Waals surface area contributed by atoms with E-state index in [0.29, 0.717) is 33.1 Å².